The van der Waals surface area contributed by atoms with E-state index in [4.69, 9.17) is 9.84 Å². The van der Waals surface area contributed by atoms with Crippen LogP contribution < -0.4 is 4.74 Å². The lowest BCUT2D eigenvalue weighted by atomic mass is 10.1. The molecule has 5 nitrogen and oxygen atoms in total. The molecule has 0 spiro atoms. The minimum absolute atomic E-state index is 0.00460. The summed E-state index contributed by atoms with van der Waals surface area (Å²) in [5.41, 5.74) is 3.32. The van der Waals surface area contributed by atoms with E-state index in [9.17, 15) is 4.79 Å². The monoisotopic (exact) mass is 425 g/mol. The SMILES string of the molecule is CCCN(Cc1c(C)nn(-c2ccccc2)c1Oc1ccccc1)C(=O)c1ccccc1. The number of benzene rings is 3. The van der Waals surface area contributed by atoms with Crippen molar-refractivity contribution < 1.29 is 9.53 Å². The predicted octanol–water partition coefficient (Wildman–Crippen LogP) is 6.03. The third kappa shape index (κ3) is 4.72. The van der Waals surface area contributed by atoms with Crippen LogP contribution in [0.25, 0.3) is 5.69 Å². The maximum Gasteiger partial charge on any atom is 0.254 e. The van der Waals surface area contributed by atoms with Gasteiger partial charge in [-0.3, -0.25) is 4.79 Å². The third-order valence-corrected chi connectivity index (χ3v) is 5.25. The van der Waals surface area contributed by atoms with Crippen molar-refractivity contribution in [1.29, 1.82) is 0 Å². The molecule has 0 radical (unpaired) electrons. The number of hydrogen-bond donors (Lipinski definition) is 0. The molecule has 0 saturated carbocycles. The first-order valence-electron chi connectivity index (χ1n) is 10.9. The number of nitrogens with zero attached hydrogens (tertiary/aromatic N) is 3. The molecule has 0 atom stereocenters. The third-order valence-electron chi connectivity index (χ3n) is 5.25. The van der Waals surface area contributed by atoms with Crippen LogP contribution in [0, 0.1) is 6.92 Å². The van der Waals surface area contributed by atoms with Crippen LogP contribution in [0.4, 0.5) is 0 Å². The number of aromatic nitrogens is 2. The summed E-state index contributed by atoms with van der Waals surface area (Å²) < 4.78 is 8.16. The average Bonchev–Trinajstić information content (AvgIpc) is 3.15. The van der Waals surface area contributed by atoms with Crippen molar-refractivity contribution in [1.82, 2.24) is 14.7 Å². The van der Waals surface area contributed by atoms with Crippen LogP contribution in [0.1, 0.15) is 35.0 Å². The fraction of sp³-hybridized carbons (Fsp3) is 0.185. The van der Waals surface area contributed by atoms with Gasteiger partial charge in [0.05, 0.1) is 23.5 Å². The van der Waals surface area contributed by atoms with Gasteiger partial charge in [0.1, 0.15) is 5.75 Å². The van der Waals surface area contributed by atoms with Gasteiger partial charge in [-0.2, -0.15) is 5.10 Å². The van der Waals surface area contributed by atoms with E-state index in [1.807, 2.05) is 108 Å². The molecule has 1 heterocycles. The van der Waals surface area contributed by atoms with Gasteiger partial charge in [-0.1, -0.05) is 61.5 Å². The molecule has 1 amide bonds. The van der Waals surface area contributed by atoms with Gasteiger partial charge in [-0.15, -0.1) is 0 Å². The zero-order valence-corrected chi connectivity index (χ0v) is 18.4. The highest BCUT2D eigenvalue weighted by Crippen LogP contribution is 2.32. The normalized spacial score (nSPS) is 10.7. The minimum atomic E-state index is 0.00460. The highest BCUT2D eigenvalue weighted by molar-refractivity contribution is 5.94. The van der Waals surface area contributed by atoms with Gasteiger partial charge in [0.15, 0.2) is 0 Å². The first-order valence-corrected chi connectivity index (χ1v) is 10.9. The summed E-state index contributed by atoms with van der Waals surface area (Å²) in [6.07, 6.45) is 0.860. The van der Waals surface area contributed by atoms with Crippen molar-refractivity contribution in [3.63, 3.8) is 0 Å². The van der Waals surface area contributed by atoms with Gasteiger partial charge in [0, 0.05) is 12.1 Å². The Balaban J connectivity index is 1.75. The molecule has 1 aromatic heterocycles. The Morgan fingerprint density at radius 2 is 1.50 bits per heavy atom. The summed E-state index contributed by atoms with van der Waals surface area (Å²) in [5, 5.41) is 4.78. The molecule has 4 aromatic rings. The lowest BCUT2D eigenvalue weighted by Gasteiger charge is -2.23. The number of ether oxygens (including phenoxy) is 1. The molecule has 0 aliphatic heterocycles. The molecule has 0 N–H and O–H groups in total. The van der Waals surface area contributed by atoms with Crippen LogP contribution in [0.15, 0.2) is 91.0 Å². The molecule has 162 valence electrons. The van der Waals surface area contributed by atoms with Crippen LogP contribution in [-0.2, 0) is 6.54 Å². The van der Waals surface area contributed by atoms with Crippen LogP contribution in [-0.4, -0.2) is 27.1 Å². The Bertz CT molecular complexity index is 1160. The van der Waals surface area contributed by atoms with Crippen LogP contribution in [0.3, 0.4) is 0 Å². The van der Waals surface area contributed by atoms with E-state index in [-0.39, 0.29) is 5.91 Å². The Labute approximate surface area is 188 Å². The molecule has 0 bridgehead atoms. The van der Waals surface area contributed by atoms with Gasteiger partial charge in [0.2, 0.25) is 5.88 Å². The van der Waals surface area contributed by atoms with Gasteiger partial charge in [-0.25, -0.2) is 4.68 Å². The Kier molecular flexibility index (Phi) is 6.66. The Morgan fingerprint density at radius 3 is 2.12 bits per heavy atom. The number of carbonyl (C=O) groups excluding carboxylic acids is 1. The maximum absolute atomic E-state index is 13.3. The Morgan fingerprint density at radius 1 is 0.906 bits per heavy atom. The van der Waals surface area contributed by atoms with E-state index in [1.165, 1.54) is 0 Å². The van der Waals surface area contributed by atoms with Crippen molar-refractivity contribution in [3.8, 4) is 17.3 Å². The highest BCUT2D eigenvalue weighted by Gasteiger charge is 2.24. The van der Waals surface area contributed by atoms with Crippen molar-refractivity contribution in [2.45, 2.75) is 26.8 Å². The van der Waals surface area contributed by atoms with Gasteiger partial charge < -0.3 is 9.64 Å². The first kappa shape index (κ1) is 21.4. The van der Waals surface area contributed by atoms with Crippen LogP contribution in [0.5, 0.6) is 11.6 Å². The van der Waals surface area contributed by atoms with E-state index >= 15 is 0 Å². The molecule has 3 aromatic carbocycles. The van der Waals surface area contributed by atoms with E-state index in [0.717, 1.165) is 29.1 Å². The molecule has 0 unspecified atom stereocenters. The topological polar surface area (TPSA) is 47.4 Å². The minimum Gasteiger partial charge on any atom is -0.439 e. The smallest absolute Gasteiger partial charge is 0.254 e. The molecule has 4 rings (SSSR count). The number of para-hydroxylation sites is 2. The molecular formula is C27H27N3O2. The Hall–Kier alpha value is -3.86. The second kappa shape index (κ2) is 9.96. The molecule has 5 heteroatoms. The first-order chi connectivity index (χ1) is 15.7. The summed E-state index contributed by atoms with van der Waals surface area (Å²) in [4.78, 5) is 15.1. The largest absolute Gasteiger partial charge is 0.439 e. The number of amides is 1. The summed E-state index contributed by atoms with van der Waals surface area (Å²) in [7, 11) is 0. The maximum atomic E-state index is 13.3. The quantitative estimate of drug-likeness (QED) is 0.346. The lowest BCUT2D eigenvalue weighted by Crippen LogP contribution is -2.31. The molecular weight excluding hydrogens is 398 g/mol. The summed E-state index contributed by atoms with van der Waals surface area (Å²) in [6, 6.07) is 29.0. The summed E-state index contributed by atoms with van der Waals surface area (Å²) >= 11 is 0. The van der Waals surface area contributed by atoms with Crippen molar-refractivity contribution in [3.05, 3.63) is 108 Å². The predicted molar refractivity (Wildman–Crippen MR) is 126 cm³/mol. The van der Waals surface area contributed by atoms with Crippen LogP contribution in [0.2, 0.25) is 0 Å². The standard InChI is InChI=1S/C27H27N3O2/c1-3-19-29(26(31)22-13-7-4-8-14-22)20-25-21(2)28-30(23-15-9-5-10-16-23)27(25)32-24-17-11-6-12-18-24/h4-18H,3,19-20H2,1-2H3. The van der Waals surface area contributed by atoms with Crippen LogP contribution >= 0.6 is 0 Å². The summed E-state index contributed by atoms with van der Waals surface area (Å²) in [5.74, 6) is 1.36. The molecule has 32 heavy (non-hydrogen) atoms. The number of rotatable bonds is 8. The van der Waals surface area contributed by atoms with Crippen molar-refractivity contribution >= 4 is 5.91 Å². The van der Waals surface area contributed by atoms with E-state index in [0.29, 0.717) is 24.5 Å². The van der Waals surface area contributed by atoms with Crippen molar-refractivity contribution in [2.24, 2.45) is 0 Å². The second-order valence-electron chi connectivity index (χ2n) is 7.62. The van der Waals surface area contributed by atoms with E-state index < -0.39 is 0 Å². The fourth-order valence-electron chi connectivity index (χ4n) is 3.65. The lowest BCUT2D eigenvalue weighted by molar-refractivity contribution is 0.0742. The summed E-state index contributed by atoms with van der Waals surface area (Å²) in [6.45, 7) is 5.10. The molecule has 0 aliphatic carbocycles. The van der Waals surface area contributed by atoms with E-state index in [2.05, 4.69) is 6.92 Å². The number of aryl methyl sites for hydroxylation is 1. The van der Waals surface area contributed by atoms with Gasteiger partial charge in [0.25, 0.3) is 5.91 Å². The number of carbonyl (C=O) groups is 1. The average molecular weight is 426 g/mol. The van der Waals surface area contributed by atoms with E-state index in [1.54, 1.807) is 0 Å². The zero-order valence-electron chi connectivity index (χ0n) is 18.4. The zero-order chi connectivity index (χ0) is 22.3. The fourth-order valence-corrected chi connectivity index (χ4v) is 3.65. The van der Waals surface area contributed by atoms with Crippen molar-refractivity contribution in [2.75, 3.05) is 6.54 Å². The highest BCUT2D eigenvalue weighted by atomic mass is 16.5. The molecule has 0 aliphatic rings. The van der Waals surface area contributed by atoms with Gasteiger partial charge in [-0.05, 0) is 49.7 Å². The number of hydrogen-bond acceptors (Lipinski definition) is 3. The second-order valence-corrected chi connectivity index (χ2v) is 7.62. The molecule has 0 fully saturated rings. The van der Waals surface area contributed by atoms with Gasteiger partial charge >= 0.3 is 0 Å². The molecule has 0 saturated heterocycles.